The number of aliphatic hydroxyl groups excluding tert-OH is 1. The number of anilines is 1. The fraction of sp³-hybridized carbons (Fsp3) is 0.314. The maximum atomic E-state index is 14.0. The lowest BCUT2D eigenvalue weighted by molar-refractivity contribution is -0.293. The molecule has 14 heteroatoms. The van der Waals surface area contributed by atoms with Gasteiger partial charge in [0.25, 0.3) is 0 Å². The highest BCUT2D eigenvalue weighted by Crippen LogP contribution is 2.46. The van der Waals surface area contributed by atoms with Crippen LogP contribution in [0.5, 0.6) is 11.5 Å². The molecule has 1 amide bonds. The number of fused-ring (bicyclic) bond motifs is 3. The van der Waals surface area contributed by atoms with Gasteiger partial charge in [0.15, 0.2) is 12.0 Å². The molecule has 3 aliphatic rings. The van der Waals surface area contributed by atoms with Crippen LogP contribution in [-0.4, -0.2) is 92.6 Å². The van der Waals surface area contributed by atoms with Crippen LogP contribution in [0.2, 0.25) is 0 Å². The molecule has 1 aromatic heterocycles. The Kier molecular flexibility index (Phi) is 12.8. The number of nitrogens with one attached hydrogen (secondary N) is 1. The van der Waals surface area contributed by atoms with Crippen molar-refractivity contribution in [2.45, 2.75) is 54.7 Å². The number of carbonyl (C=O) groups is 1. The zero-order valence-corrected chi connectivity index (χ0v) is 36.3. The molecule has 0 unspecified atom stereocenters. The van der Waals surface area contributed by atoms with Gasteiger partial charge in [0, 0.05) is 32.1 Å². The topological polar surface area (TPSA) is 158 Å². The molecule has 14 nitrogen and oxygen atoms in total. The zero-order chi connectivity index (χ0) is 45.0. The Morgan fingerprint density at radius 3 is 1.91 bits per heavy atom. The minimum Gasteiger partial charge on any atom is -0.497 e. The Balaban J connectivity index is 0.990. The van der Waals surface area contributed by atoms with Crippen molar-refractivity contribution in [2.75, 3.05) is 53.1 Å². The van der Waals surface area contributed by atoms with E-state index in [1.165, 1.54) is 16.8 Å². The minimum atomic E-state index is -1.32. The molecule has 1 aliphatic carbocycles. The fourth-order valence-electron chi connectivity index (χ4n) is 9.20. The second kappa shape index (κ2) is 19.0. The average Bonchev–Trinajstić information content (AvgIpc) is 3.84. The molecule has 2 fully saturated rings. The molecule has 0 bridgehead atoms. The highest BCUT2D eigenvalue weighted by molar-refractivity contribution is 5.83. The number of amides is 1. The molecule has 2 N–H and O–H groups in total. The van der Waals surface area contributed by atoms with Crippen LogP contribution in [0, 0.1) is 0 Å². The van der Waals surface area contributed by atoms with Crippen molar-refractivity contribution in [1.29, 1.82) is 0 Å². The molecule has 336 valence electrons. The number of ether oxygens (including phenoxy) is 8. The molecular weight excluding hydrogens is 831 g/mol. The van der Waals surface area contributed by atoms with E-state index in [0.717, 1.165) is 38.9 Å². The molecule has 5 aromatic carbocycles. The van der Waals surface area contributed by atoms with Gasteiger partial charge in [0.1, 0.15) is 47.8 Å². The Labute approximate surface area is 376 Å². The van der Waals surface area contributed by atoms with Gasteiger partial charge in [-0.2, -0.15) is 4.98 Å². The first-order valence-corrected chi connectivity index (χ1v) is 21.6. The first-order valence-electron chi connectivity index (χ1n) is 21.6. The molecule has 0 radical (unpaired) electrons. The number of aromatic nitrogens is 2. The lowest BCUT2D eigenvalue weighted by Gasteiger charge is -2.39. The van der Waals surface area contributed by atoms with E-state index in [4.69, 9.17) is 37.9 Å². The maximum absolute atomic E-state index is 14.0. The molecule has 0 saturated carbocycles. The molecule has 4 atom stereocenters. The summed E-state index contributed by atoms with van der Waals surface area (Å²) in [6.07, 6.45) is -3.23. The van der Waals surface area contributed by atoms with Gasteiger partial charge < -0.3 is 43.0 Å². The quantitative estimate of drug-likeness (QED) is 0.0778. The second-order valence-electron chi connectivity index (χ2n) is 16.1. The van der Waals surface area contributed by atoms with Gasteiger partial charge >= 0.3 is 11.8 Å². The minimum absolute atomic E-state index is 0.0243. The first-order chi connectivity index (χ1) is 31.8. The monoisotopic (exact) mass is 881 g/mol. The van der Waals surface area contributed by atoms with E-state index in [2.05, 4.69) is 22.4 Å². The summed E-state index contributed by atoms with van der Waals surface area (Å²) >= 11 is 0. The van der Waals surface area contributed by atoms with Gasteiger partial charge in [-0.3, -0.25) is 9.88 Å². The third-order valence-electron chi connectivity index (χ3n) is 12.6. The van der Waals surface area contributed by atoms with Crippen molar-refractivity contribution in [3.63, 3.8) is 0 Å². The van der Waals surface area contributed by atoms with E-state index >= 15 is 0 Å². The van der Waals surface area contributed by atoms with E-state index < -0.39 is 47.7 Å². The Morgan fingerprint density at radius 1 is 0.769 bits per heavy atom. The van der Waals surface area contributed by atoms with Crippen LogP contribution in [0.25, 0.3) is 11.1 Å². The fourth-order valence-corrected chi connectivity index (χ4v) is 9.20. The summed E-state index contributed by atoms with van der Waals surface area (Å²) in [7, 11) is 4.76. The lowest BCUT2D eigenvalue weighted by Crippen LogP contribution is -2.49. The van der Waals surface area contributed by atoms with Gasteiger partial charge in [0.2, 0.25) is 0 Å². The predicted molar refractivity (Wildman–Crippen MR) is 240 cm³/mol. The highest BCUT2D eigenvalue weighted by atomic mass is 16.7. The summed E-state index contributed by atoms with van der Waals surface area (Å²) < 4.78 is 49.9. The number of benzene rings is 5. The van der Waals surface area contributed by atoms with Crippen molar-refractivity contribution >= 4 is 11.9 Å². The van der Waals surface area contributed by atoms with Crippen molar-refractivity contribution in [1.82, 2.24) is 9.55 Å². The lowest BCUT2D eigenvalue weighted by atomic mass is 9.80. The standard InChI is InChI=1S/C51H51N3O11/c1-58-36-21-17-34(18-22-36)51(33-11-5-4-6-12-33,35-19-23-37(59-2)24-20-35)63-32-43-45(55)46(65-50(60-3)26-29-61-30-27-50)47(64-43)54-28-25-44(52-48(54)56)53-49(57)62-31-42-40-15-9-7-13-38(40)39-14-8-10-16-41(39)42/h4-25,28,42-43,45-47,55H,26-27,29-32H2,1-3H3,(H,52,53,56,57)/t43-,45-,46-,47-/m1/s1. The number of aliphatic hydroxyl groups is 1. The van der Waals surface area contributed by atoms with Crippen molar-refractivity contribution in [2.24, 2.45) is 0 Å². The maximum Gasteiger partial charge on any atom is 0.412 e. The number of methoxy groups -OCH3 is 3. The smallest absolute Gasteiger partial charge is 0.412 e. The number of nitrogens with zero attached hydrogens (tertiary/aromatic N) is 2. The molecule has 6 aromatic rings. The van der Waals surface area contributed by atoms with Crippen molar-refractivity contribution in [3.05, 3.63) is 178 Å². The van der Waals surface area contributed by atoms with Gasteiger partial charge in [-0.25, -0.2) is 9.59 Å². The molecule has 2 saturated heterocycles. The predicted octanol–water partition coefficient (Wildman–Crippen LogP) is 7.43. The highest BCUT2D eigenvalue weighted by Gasteiger charge is 2.52. The van der Waals surface area contributed by atoms with Crippen molar-refractivity contribution < 1.29 is 47.8 Å². The van der Waals surface area contributed by atoms with Crippen LogP contribution >= 0.6 is 0 Å². The molecule has 3 heterocycles. The van der Waals surface area contributed by atoms with E-state index in [0.29, 0.717) is 37.6 Å². The molecular formula is C51H51N3O11. The van der Waals surface area contributed by atoms with Crippen LogP contribution in [-0.2, 0) is 34.0 Å². The van der Waals surface area contributed by atoms with E-state index in [9.17, 15) is 14.7 Å². The van der Waals surface area contributed by atoms with Gasteiger partial charge in [0.05, 0.1) is 34.0 Å². The average molecular weight is 882 g/mol. The van der Waals surface area contributed by atoms with Crippen LogP contribution < -0.4 is 20.5 Å². The third kappa shape index (κ3) is 8.64. The summed E-state index contributed by atoms with van der Waals surface area (Å²) in [5.41, 5.74) is 4.76. The molecule has 0 spiro atoms. The molecule has 2 aliphatic heterocycles. The van der Waals surface area contributed by atoms with E-state index in [-0.39, 0.29) is 24.9 Å². The normalized spacial score (nSPS) is 20.1. The number of rotatable bonds is 15. The summed E-state index contributed by atoms with van der Waals surface area (Å²) in [4.78, 5) is 31.3. The van der Waals surface area contributed by atoms with Crippen molar-refractivity contribution in [3.8, 4) is 22.6 Å². The summed E-state index contributed by atoms with van der Waals surface area (Å²) in [6.45, 7) is 0.671. The zero-order valence-electron chi connectivity index (χ0n) is 36.3. The van der Waals surface area contributed by atoms with Crippen LogP contribution in [0.3, 0.4) is 0 Å². The number of carbonyl (C=O) groups excluding carboxylic acids is 1. The largest absolute Gasteiger partial charge is 0.497 e. The van der Waals surface area contributed by atoms with Crippen LogP contribution in [0.15, 0.2) is 144 Å². The van der Waals surface area contributed by atoms with Gasteiger partial charge in [-0.1, -0.05) is 103 Å². The summed E-state index contributed by atoms with van der Waals surface area (Å²) in [5.74, 6) is 0.0290. The Morgan fingerprint density at radius 2 is 1.34 bits per heavy atom. The summed E-state index contributed by atoms with van der Waals surface area (Å²) in [5, 5.41) is 14.8. The second-order valence-corrected chi connectivity index (χ2v) is 16.1. The van der Waals surface area contributed by atoms with Crippen LogP contribution in [0.1, 0.15) is 52.8 Å². The van der Waals surface area contributed by atoms with Gasteiger partial charge in [-0.05, 0) is 69.3 Å². The SMILES string of the molecule is COc1ccc(C(OC[C@H]2O[C@@H](n3ccc(NC(=O)OCC4c5ccccc5-c5ccccc54)nc3=O)[C@H](OC3(OC)CCOCC3)[C@@H]2O)(c2ccccc2)c2ccc(OC)cc2)cc1. The first kappa shape index (κ1) is 43.8. The van der Waals surface area contributed by atoms with E-state index in [1.807, 2.05) is 115 Å². The van der Waals surface area contributed by atoms with Crippen LogP contribution in [0.4, 0.5) is 10.6 Å². The number of hydrogen-bond acceptors (Lipinski definition) is 12. The number of hydrogen-bond donors (Lipinski definition) is 2. The summed E-state index contributed by atoms with van der Waals surface area (Å²) in [6, 6.07) is 42.6. The third-order valence-corrected chi connectivity index (χ3v) is 12.6. The Hall–Kier alpha value is -6.39. The molecule has 9 rings (SSSR count). The molecule has 65 heavy (non-hydrogen) atoms. The Bertz CT molecular complexity index is 2540. The van der Waals surface area contributed by atoms with Gasteiger partial charge in [-0.15, -0.1) is 0 Å². The van der Waals surface area contributed by atoms with E-state index in [1.54, 1.807) is 21.3 Å².